The molecule has 1 unspecified atom stereocenters. The van der Waals surface area contributed by atoms with Gasteiger partial charge in [0.25, 0.3) is 0 Å². The van der Waals surface area contributed by atoms with E-state index < -0.39 is 6.10 Å². The van der Waals surface area contributed by atoms with E-state index in [0.29, 0.717) is 36.6 Å². The maximum atomic E-state index is 9.99. The predicted octanol–water partition coefficient (Wildman–Crippen LogP) is 2.81. The van der Waals surface area contributed by atoms with Crippen LogP contribution in [0.25, 0.3) is 11.4 Å². The molecule has 1 aliphatic rings. The van der Waals surface area contributed by atoms with Crippen molar-refractivity contribution in [3.63, 3.8) is 0 Å². The van der Waals surface area contributed by atoms with Crippen molar-refractivity contribution in [3.05, 3.63) is 54.4 Å². The average Bonchev–Trinajstić information content (AvgIpc) is 3.35. The molecule has 2 N–H and O–H groups in total. The summed E-state index contributed by atoms with van der Waals surface area (Å²) < 4.78 is 16.7. The molecule has 1 aromatic heterocycles. The molecule has 3 aromatic rings. The third-order valence-electron chi connectivity index (χ3n) is 5.94. The second-order valence-electron chi connectivity index (χ2n) is 9.00. The van der Waals surface area contributed by atoms with Crippen LogP contribution in [0.3, 0.4) is 0 Å². The van der Waals surface area contributed by atoms with Gasteiger partial charge in [-0.3, -0.25) is 4.90 Å². The Balaban J connectivity index is 1.26. The largest absolute Gasteiger partial charge is 0.495 e. The lowest BCUT2D eigenvalue weighted by molar-refractivity contribution is 0.104. The van der Waals surface area contributed by atoms with Gasteiger partial charge in [0.05, 0.1) is 19.3 Å². The Hall–Kier alpha value is -3.14. The number of nitrogens with one attached hydrogen (secondary N) is 1. The van der Waals surface area contributed by atoms with Crippen molar-refractivity contribution in [2.24, 2.45) is 0 Å². The van der Waals surface area contributed by atoms with E-state index in [0.717, 1.165) is 43.2 Å². The quantitative estimate of drug-likeness (QED) is 0.429. The minimum absolute atomic E-state index is 0.232. The molecule has 0 amide bonds. The van der Waals surface area contributed by atoms with Gasteiger partial charge in [-0.15, -0.1) is 0 Å². The van der Waals surface area contributed by atoms with E-state index in [4.69, 9.17) is 14.0 Å². The van der Waals surface area contributed by atoms with Crippen molar-refractivity contribution in [1.29, 1.82) is 0 Å². The fourth-order valence-electron chi connectivity index (χ4n) is 3.99. The van der Waals surface area contributed by atoms with Crippen molar-refractivity contribution < 1.29 is 19.1 Å². The summed E-state index contributed by atoms with van der Waals surface area (Å²) in [4.78, 5) is 9.25. The summed E-state index contributed by atoms with van der Waals surface area (Å²) in [7, 11) is 1.71. The van der Waals surface area contributed by atoms with Crippen LogP contribution in [0.5, 0.6) is 11.5 Å². The Labute approximate surface area is 206 Å². The van der Waals surface area contributed by atoms with Crippen LogP contribution in [0.2, 0.25) is 0 Å². The van der Waals surface area contributed by atoms with Crippen molar-refractivity contribution in [2.75, 3.05) is 51.3 Å². The first-order chi connectivity index (χ1) is 17.0. The molecule has 188 valence electrons. The van der Waals surface area contributed by atoms with Crippen molar-refractivity contribution in [3.8, 4) is 22.9 Å². The van der Waals surface area contributed by atoms with E-state index in [1.165, 1.54) is 0 Å². The normalized spacial score (nSPS) is 15.4. The first kappa shape index (κ1) is 25.0. The molecule has 0 spiro atoms. The van der Waals surface area contributed by atoms with Crippen molar-refractivity contribution in [2.45, 2.75) is 32.5 Å². The first-order valence-corrected chi connectivity index (χ1v) is 12.1. The fourth-order valence-corrected chi connectivity index (χ4v) is 3.99. The zero-order chi connectivity index (χ0) is 24.6. The van der Waals surface area contributed by atoms with Crippen LogP contribution in [0.1, 0.15) is 19.7 Å². The Morgan fingerprint density at radius 2 is 1.80 bits per heavy atom. The highest BCUT2D eigenvalue weighted by Crippen LogP contribution is 2.28. The maximum Gasteiger partial charge on any atom is 0.241 e. The summed E-state index contributed by atoms with van der Waals surface area (Å²) >= 11 is 0. The number of methoxy groups -OCH3 is 1. The Bertz CT molecular complexity index is 1050. The van der Waals surface area contributed by atoms with Crippen LogP contribution in [0.4, 0.5) is 5.69 Å². The van der Waals surface area contributed by atoms with Gasteiger partial charge in [-0.25, -0.2) is 0 Å². The van der Waals surface area contributed by atoms with Crippen LogP contribution >= 0.6 is 0 Å². The van der Waals surface area contributed by atoms with Crippen LogP contribution in [-0.2, 0) is 6.54 Å². The lowest BCUT2D eigenvalue weighted by Gasteiger charge is -2.35. The Morgan fingerprint density at radius 1 is 1.06 bits per heavy atom. The third-order valence-corrected chi connectivity index (χ3v) is 5.94. The number of ether oxygens (including phenoxy) is 2. The molecular formula is C26H35N5O4. The Kier molecular flexibility index (Phi) is 8.57. The number of aliphatic hydroxyl groups is 1. The number of benzene rings is 2. The standard InChI is InChI=1S/C26H35N5O4/c1-19(2)27-16-21(32)18-34-22-10-8-20(9-11-22)26-28-25(35-29-26)17-30-12-14-31(15-13-30)23-6-4-5-7-24(23)33-3/h4-11,19,21,27,32H,12-18H2,1-3H3. The van der Waals surface area contributed by atoms with E-state index in [9.17, 15) is 5.11 Å². The van der Waals surface area contributed by atoms with Crippen LogP contribution in [0.15, 0.2) is 53.1 Å². The SMILES string of the molecule is COc1ccccc1N1CCN(Cc2nc(-c3ccc(OCC(O)CNC(C)C)cc3)no2)CC1. The zero-order valence-electron chi connectivity index (χ0n) is 20.7. The molecule has 1 aliphatic heterocycles. The summed E-state index contributed by atoms with van der Waals surface area (Å²) in [6, 6.07) is 15.9. The lowest BCUT2D eigenvalue weighted by Crippen LogP contribution is -2.46. The summed E-state index contributed by atoms with van der Waals surface area (Å²) in [6.07, 6.45) is -0.562. The molecule has 2 heterocycles. The number of nitrogens with zero attached hydrogens (tertiary/aromatic N) is 4. The predicted molar refractivity (Wildman–Crippen MR) is 135 cm³/mol. The molecule has 9 nitrogen and oxygen atoms in total. The molecule has 2 aromatic carbocycles. The number of hydrogen-bond acceptors (Lipinski definition) is 9. The molecule has 1 saturated heterocycles. The lowest BCUT2D eigenvalue weighted by atomic mass is 10.2. The second-order valence-corrected chi connectivity index (χ2v) is 9.00. The van der Waals surface area contributed by atoms with Gasteiger partial charge in [0.1, 0.15) is 24.2 Å². The fraction of sp³-hybridized carbons (Fsp3) is 0.462. The average molecular weight is 482 g/mol. The molecule has 0 radical (unpaired) electrons. The third kappa shape index (κ3) is 6.94. The zero-order valence-corrected chi connectivity index (χ0v) is 20.7. The van der Waals surface area contributed by atoms with Crippen molar-refractivity contribution >= 4 is 5.69 Å². The molecule has 1 atom stereocenters. The van der Waals surface area contributed by atoms with Gasteiger partial charge in [0.2, 0.25) is 11.7 Å². The molecule has 35 heavy (non-hydrogen) atoms. The smallest absolute Gasteiger partial charge is 0.241 e. The number of aromatic nitrogens is 2. The number of anilines is 1. The highest BCUT2D eigenvalue weighted by molar-refractivity contribution is 5.58. The number of piperazine rings is 1. The van der Waals surface area contributed by atoms with Gasteiger partial charge in [0.15, 0.2) is 0 Å². The maximum absolute atomic E-state index is 9.99. The molecule has 1 fully saturated rings. The van der Waals surface area contributed by atoms with Gasteiger partial charge in [-0.1, -0.05) is 31.1 Å². The highest BCUT2D eigenvalue weighted by Gasteiger charge is 2.21. The summed E-state index contributed by atoms with van der Waals surface area (Å²) in [5.41, 5.74) is 1.99. The summed E-state index contributed by atoms with van der Waals surface area (Å²) in [5, 5.41) is 17.3. The van der Waals surface area contributed by atoms with E-state index in [-0.39, 0.29) is 6.61 Å². The van der Waals surface area contributed by atoms with Crippen LogP contribution in [-0.4, -0.2) is 78.7 Å². The van der Waals surface area contributed by atoms with E-state index in [1.807, 2.05) is 56.3 Å². The minimum Gasteiger partial charge on any atom is -0.495 e. The molecule has 0 saturated carbocycles. The number of rotatable bonds is 11. The molecule has 9 heteroatoms. The Morgan fingerprint density at radius 3 is 2.51 bits per heavy atom. The molecule has 0 aliphatic carbocycles. The van der Waals surface area contributed by atoms with Crippen molar-refractivity contribution in [1.82, 2.24) is 20.4 Å². The van der Waals surface area contributed by atoms with E-state index in [2.05, 4.69) is 31.3 Å². The summed E-state index contributed by atoms with van der Waals surface area (Å²) in [6.45, 7) is 9.05. The molecule has 4 rings (SSSR count). The van der Waals surface area contributed by atoms with Gasteiger partial charge in [-0.05, 0) is 36.4 Å². The number of hydrogen-bond donors (Lipinski definition) is 2. The molecular weight excluding hydrogens is 446 g/mol. The monoisotopic (exact) mass is 481 g/mol. The highest BCUT2D eigenvalue weighted by atomic mass is 16.5. The second kappa shape index (κ2) is 12.0. The van der Waals surface area contributed by atoms with Crippen LogP contribution in [0, 0.1) is 0 Å². The topological polar surface area (TPSA) is 96.1 Å². The van der Waals surface area contributed by atoms with Gasteiger partial charge in [0, 0.05) is 44.3 Å². The van der Waals surface area contributed by atoms with Gasteiger partial charge in [-0.2, -0.15) is 4.98 Å². The van der Waals surface area contributed by atoms with Gasteiger partial charge >= 0.3 is 0 Å². The number of aliphatic hydroxyl groups excluding tert-OH is 1. The summed E-state index contributed by atoms with van der Waals surface area (Å²) in [5.74, 6) is 2.75. The van der Waals surface area contributed by atoms with E-state index in [1.54, 1.807) is 7.11 Å². The molecule has 0 bridgehead atoms. The van der Waals surface area contributed by atoms with Gasteiger partial charge < -0.3 is 29.3 Å². The number of para-hydroxylation sites is 2. The van der Waals surface area contributed by atoms with E-state index >= 15 is 0 Å². The minimum atomic E-state index is -0.562. The first-order valence-electron chi connectivity index (χ1n) is 12.1. The van der Waals surface area contributed by atoms with Crippen LogP contribution < -0.4 is 19.7 Å².